The lowest BCUT2D eigenvalue weighted by atomic mass is 10.0. The molecule has 1 aliphatic rings. The largest absolute Gasteiger partial charge is 0.310 e. The molecule has 1 aromatic rings. The molecule has 0 saturated carbocycles. The quantitative estimate of drug-likeness (QED) is 0.856. The minimum absolute atomic E-state index is 0.0231. The molecule has 0 bridgehead atoms. The van der Waals surface area contributed by atoms with Crippen molar-refractivity contribution in [3.05, 3.63) is 40.8 Å². The van der Waals surface area contributed by atoms with E-state index >= 15 is 0 Å². The zero-order valence-corrected chi connectivity index (χ0v) is 14.4. The van der Waals surface area contributed by atoms with Gasteiger partial charge in [0.2, 0.25) is 5.91 Å². The number of hydrogen-bond acceptors (Lipinski definition) is 3. The van der Waals surface area contributed by atoms with Gasteiger partial charge in [-0.15, -0.1) is 0 Å². The number of sulfone groups is 1. The van der Waals surface area contributed by atoms with E-state index in [4.69, 9.17) is 0 Å². The summed E-state index contributed by atoms with van der Waals surface area (Å²) in [6, 6.07) is 6.06. The molecule has 1 atom stereocenters. The Bertz CT molecular complexity index is 705. The first-order valence-electron chi connectivity index (χ1n) is 7.50. The van der Waals surface area contributed by atoms with Crippen LogP contribution >= 0.6 is 0 Å². The monoisotopic (exact) mass is 321 g/mol. The van der Waals surface area contributed by atoms with Crippen LogP contribution in [0.2, 0.25) is 0 Å². The molecule has 0 aromatic heterocycles. The lowest BCUT2D eigenvalue weighted by Crippen LogP contribution is -2.38. The fourth-order valence-electron chi connectivity index (χ4n) is 2.77. The maximum absolute atomic E-state index is 12.7. The van der Waals surface area contributed by atoms with Crippen LogP contribution in [0.1, 0.15) is 31.4 Å². The third kappa shape index (κ3) is 3.77. The third-order valence-electron chi connectivity index (χ3n) is 3.85. The maximum Gasteiger partial charge on any atom is 0.227 e. The highest BCUT2D eigenvalue weighted by Crippen LogP contribution is 2.27. The Balaban J connectivity index is 2.23. The molecule has 0 unspecified atom stereocenters. The Kier molecular flexibility index (Phi) is 4.75. The number of rotatable bonds is 4. The molecule has 4 nitrogen and oxygen atoms in total. The molecule has 0 radical (unpaired) electrons. The van der Waals surface area contributed by atoms with E-state index in [1.54, 1.807) is 11.0 Å². The number of carbonyl (C=O) groups is 1. The van der Waals surface area contributed by atoms with E-state index in [9.17, 15) is 13.2 Å². The zero-order valence-electron chi connectivity index (χ0n) is 13.5. The summed E-state index contributed by atoms with van der Waals surface area (Å²) in [6.45, 7) is 7.93. The molecular formula is C17H23NO3S. The van der Waals surface area contributed by atoms with E-state index in [2.05, 4.69) is 0 Å². The Morgan fingerprint density at radius 2 is 2.00 bits per heavy atom. The molecule has 1 heterocycles. The van der Waals surface area contributed by atoms with Gasteiger partial charge in [-0.3, -0.25) is 4.79 Å². The number of nitrogens with zero attached hydrogens (tertiary/aromatic N) is 1. The highest BCUT2D eigenvalue weighted by Gasteiger charge is 2.28. The van der Waals surface area contributed by atoms with E-state index in [0.717, 1.165) is 16.8 Å². The predicted octanol–water partition coefficient (Wildman–Crippen LogP) is 2.99. The second kappa shape index (κ2) is 6.24. The fourth-order valence-corrected chi connectivity index (χ4v) is 4.17. The van der Waals surface area contributed by atoms with Gasteiger partial charge in [0.05, 0.1) is 5.75 Å². The second-order valence-electron chi connectivity index (χ2n) is 6.27. The Labute approximate surface area is 132 Å². The molecule has 0 spiro atoms. The van der Waals surface area contributed by atoms with E-state index in [0.29, 0.717) is 0 Å². The standard InChI is InChI=1S/C17H23NO3S/c1-12(2)18(16-9-13(3)5-6-14(16)4)17(19)10-15-7-8-22(20,21)11-15/h5-9,12,15H,10-11H2,1-4H3/t15-/m1/s1. The number of benzene rings is 1. The third-order valence-corrected chi connectivity index (χ3v) is 5.32. The van der Waals surface area contributed by atoms with Crippen LogP contribution in [0.15, 0.2) is 29.7 Å². The van der Waals surface area contributed by atoms with Crippen LogP contribution in [0.3, 0.4) is 0 Å². The first kappa shape index (κ1) is 16.7. The predicted molar refractivity (Wildman–Crippen MR) is 89.6 cm³/mol. The average Bonchev–Trinajstić information content (AvgIpc) is 2.72. The Morgan fingerprint density at radius 3 is 2.55 bits per heavy atom. The molecular weight excluding hydrogens is 298 g/mol. The number of amides is 1. The summed E-state index contributed by atoms with van der Waals surface area (Å²) >= 11 is 0. The SMILES string of the molecule is Cc1ccc(C)c(N(C(=O)C[C@H]2C=CS(=O)(=O)C2)C(C)C)c1. The van der Waals surface area contributed by atoms with Gasteiger partial charge in [0.1, 0.15) is 0 Å². The topological polar surface area (TPSA) is 54.5 Å². The van der Waals surface area contributed by atoms with Gasteiger partial charge in [-0.25, -0.2) is 8.42 Å². The van der Waals surface area contributed by atoms with Crippen molar-refractivity contribution in [2.45, 2.75) is 40.2 Å². The molecule has 2 rings (SSSR count). The van der Waals surface area contributed by atoms with Crippen LogP contribution in [0.4, 0.5) is 5.69 Å². The maximum atomic E-state index is 12.7. The number of allylic oxidation sites excluding steroid dienone is 1. The van der Waals surface area contributed by atoms with Crippen LogP contribution < -0.4 is 4.90 Å². The highest BCUT2D eigenvalue weighted by atomic mass is 32.2. The first-order valence-corrected chi connectivity index (χ1v) is 9.21. The molecule has 1 amide bonds. The fraction of sp³-hybridized carbons (Fsp3) is 0.471. The van der Waals surface area contributed by atoms with Crippen molar-refractivity contribution in [3.8, 4) is 0 Å². The minimum Gasteiger partial charge on any atom is -0.310 e. The van der Waals surface area contributed by atoms with Crippen molar-refractivity contribution in [2.24, 2.45) is 5.92 Å². The summed E-state index contributed by atoms with van der Waals surface area (Å²) in [5, 5.41) is 1.22. The van der Waals surface area contributed by atoms with Crippen molar-refractivity contribution >= 4 is 21.4 Å². The minimum atomic E-state index is -3.12. The van der Waals surface area contributed by atoms with Gasteiger partial charge in [0, 0.05) is 29.5 Å². The summed E-state index contributed by atoms with van der Waals surface area (Å²) in [4.78, 5) is 14.5. The van der Waals surface area contributed by atoms with Gasteiger partial charge in [-0.05, 0) is 44.9 Å². The normalized spacial score (nSPS) is 19.6. The molecule has 22 heavy (non-hydrogen) atoms. The van der Waals surface area contributed by atoms with Gasteiger partial charge in [0.25, 0.3) is 0 Å². The van der Waals surface area contributed by atoms with Crippen molar-refractivity contribution in [1.29, 1.82) is 0 Å². The van der Waals surface area contributed by atoms with Crippen LogP contribution in [-0.4, -0.2) is 26.1 Å². The highest BCUT2D eigenvalue weighted by molar-refractivity contribution is 7.94. The van der Waals surface area contributed by atoms with Gasteiger partial charge in [-0.2, -0.15) is 0 Å². The first-order chi connectivity index (χ1) is 10.2. The number of anilines is 1. The van der Waals surface area contributed by atoms with E-state index in [1.165, 1.54) is 5.41 Å². The summed E-state index contributed by atoms with van der Waals surface area (Å²) in [6.07, 6.45) is 1.86. The molecule has 120 valence electrons. The summed E-state index contributed by atoms with van der Waals surface area (Å²) in [5.74, 6) is -0.211. The van der Waals surface area contributed by atoms with E-state index in [1.807, 2.05) is 45.9 Å². The van der Waals surface area contributed by atoms with Crippen molar-refractivity contribution in [2.75, 3.05) is 10.7 Å². The van der Waals surface area contributed by atoms with Crippen LogP contribution in [0, 0.1) is 19.8 Å². The van der Waals surface area contributed by atoms with E-state index in [-0.39, 0.29) is 30.0 Å². The Hall–Kier alpha value is -1.62. The molecule has 1 aromatic carbocycles. The van der Waals surface area contributed by atoms with E-state index < -0.39 is 9.84 Å². The zero-order chi connectivity index (χ0) is 16.5. The summed E-state index contributed by atoms with van der Waals surface area (Å²) in [7, 11) is -3.12. The number of hydrogen-bond donors (Lipinski definition) is 0. The second-order valence-corrected chi connectivity index (χ2v) is 8.20. The van der Waals surface area contributed by atoms with Gasteiger partial charge in [-0.1, -0.05) is 18.2 Å². The van der Waals surface area contributed by atoms with Gasteiger partial charge >= 0.3 is 0 Å². The molecule has 1 aliphatic heterocycles. The molecule has 0 N–H and O–H groups in total. The van der Waals surface area contributed by atoms with Crippen LogP contribution in [-0.2, 0) is 14.6 Å². The summed E-state index contributed by atoms with van der Waals surface area (Å²) < 4.78 is 23.0. The lowest BCUT2D eigenvalue weighted by Gasteiger charge is -2.29. The summed E-state index contributed by atoms with van der Waals surface area (Å²) in [5.41, 5.74) is 3.05. The Morgan fingerprint density at radius 1 is 1.32 bits per heavy atom. The smallest absolute Gasteiger partial charge is 0.227 e. The van der Waals surface area contributed by atoms with Gasteiger partial charge in [0.15, 0.2) is 9.84 Å². The van der Waals surface area contributed by atoms with Crippen molar-refractivity contribution in [3.63, 3.8) is 0 Å². The van der Waals surface area contributed by atoms with Crippen LogP contribution in [0.5, 0.6) is 0 Å². The molecule has 0 fully saturated rings. The molecule has 0 aliphatic carbocycles. The van der Waals surface area contributed by atoms with Crippen molar-refractivity contribution in [1.82, 2.24) is 0 Å². The lowest BCUT2D eigenvalue weighted by molar-refractivity contribution is -0.119. The van der Waals surface area contributed by atoms with Crippen molar-refractivity contribution < 1.29 is 13.2 Å². The number of aryl methyl sites for hydroxylation is 2. The molecule has 5 heteroatoms. The van der Waals surface area contributed by atoms with Gasteiger partial charge < -0.3 is 4.90 Å². The average molecular weight is 321 g/mol. The molecule has 0 saturated heterocycles. The number of carbonyl (C=O) groups excluding carboxylic acids is 1. The van der Waals surface area contributed by atoms with Crippen LogP contribution in [0.25, 0.3) is 0 Å².